The molecule has 0 unspecified atom stereocenters. The second kappa shape index (κ2) is 5.71. The molecular weight excluding hydrogens is 136 g/mol. The van der Waals surface area contributed by atoms with Gasteiger partial charge in [0.1, 0.15) is 0 Å². The number of aliphatic imine (C=N–C) groups is 1. The first-order valence-electron chi connectivity index (χ1n) is 3.81. The Bertz CT molecular complexity index is 178. The van der Waals surface area contributed by atoms with Gasteiger partial charge < -0.3 is 5.73 Å². The highest BCUT2D eigenvalue weighted by atomic mass is 14.7. The Kier molecular flexibility index (Phi) is 5.17. The summed E-state index contributed by atoms with van der Waals surface area (Å²) in [6, 6.07) is 0. The molecule has 0 aromatic carbocycles. The van der Waals surface area contributed by atoms with E-state index >= 15 is 0 Å². The van der Waals surface area contributed by atoms with Gasteiger partial charge in [0.05, 0.1) is 0 Å². The standard InChI is InChI=1S/C9H16N2/c1-4-5-9(6-10)7-11-8(2)3/h6-7H,2,4-5,10H2,1,3H3/b9-6-,11-7-. The fourth-order valence-electron chi connectivity index (χ4n) is 0.673. The average Bonchev–Trinajstić information content (AvgIpc) is 1.97. The molecular formula is C9H16N2. The molecule has 2 nitrogen and oxygen atoms in total. The molecule has 0 saturated heterocycles. The van der Waals surface area contributed by atoms with Crippen molar-refractivity contribution in [3.05, 3.63) is 24.0 Å². The second-order valence-corrected chi connectivity index (χ2v) is 2.49. The van der Waals surface area contributed by atoms with Crippen molar-refractivity contribution in [2.45, 2.75) is 26.7 Å². The van der Waals surface area contributed by atoms with Crippen LogP contribution in [0.2, 0.25) is 0 Å². The van der Waals surface area contributed by atoms with Crippen molar-refractivity contribution in [2.24, 2.45) is 10.7 Å². The van der Waals surface area contributed by atoms with Crippen LogP contribution in [0.1, 0.15) is 26.7 Å². The number of allylic oxidation sites excluding steroid dienone is 2. The number of rotatable bonds is 4. The number of hydrogen-bond donors (Lipinski definition) is 1. The number of nitrogens with two attached hydrogens (primary N) is 1. The monoisotopic (exact) mass is 152 g/mol. The van der Waals surface area contributed by atoms with Gasteiger partial charge in [0, 0.05) is 11.9 Å². The largest absolute Gasteiger partial charge is 0.404 e. The van der Waals surface area contributed by atoms with Crippen LogP contribution in [0.3, 0.4) is 0 Å². The van der Waals surface area contributed by atoms with Crippen LogP contribution in [-0.4, -0.2) is 6.21 Å². The minimum atomic E-state index is 0.806. The van der Waals surface area contributed by atoms with Crippen molar-refractivity contribution in [1.29, 1.82) is 0 Å². The van der Waals surface area contributed by atoms with Crippen molar-refractivity contribution < 1.29 is 0 Å². The topological polar surface area (TPSA) is 38.4 Å². The average molecular weight is 152 g/mol. The van der Waals surface area contributed by atoms with Crippen LogP contribution in [0.5, 0.6) is 0 Å². The van der Waals surface area contributed by atoms with Gasteiger partial charge in [-0.25, -0.2) is 0 Å². The first-order valence-corrected chi connectivity index (χ1v) is 3.81. The van der Waals surface area contributed by atoms with E-state index in [1.807, 2.05) is 6.92 Å². The van der Waals surface area contributed by atoms with Crippen LogP contribution in [0.25, 0.3) is 0 Å². The SMILES string of the molecule is C=C(C)/N=C\C(=C/N)CCC. The Morgan fingerprint density at radius 2 is 2.27 bits per heavy atom. The fraction of sp³-hybridized carbons (Fsp3) is 0.444. The molecule has 0 amide bonds. The third kappa shape index (κ3) is 5.40. The van der Waals surface area contributed by atoms with Crippen LogP contribution in [0, 0.1) is 0 Å². The lowest BCUT2D eigenvalue weighted by molar-refractivity contribution is 0.935. The Balaban J connectivity index is 3.98. The maximum absolute atomic E-state index is 5.36. The van der Waals surface area contributed by atoms with Crippen LogP contribution in [0.4, 0.5) is 0 Å². The minimum Gasteiger partial charge on any atom is -0.404 e. The van der Waals surface area contributed by atoms with Crippen molar-refractivity contribution in [3.63, 3.8) is 0 Å². The van der Waals surface area contributed by atoms with Gasteiger partial charge in [0.2, 0.25) is 0 Å². The molecule has 0 bridgehead atoms. The molecule has 0 saturated carbocycles. The summed E-state index contributed by atoms with van der Waals surface area (Å²) in [6.07, 6.45) is 5.43. The minimum absolute atomic E-state index is 0.806. The van der Waals surface area contributed by atoms with Gasteiger partial charge in [-0.2, -0.15) is 0 Å². The van der Waals surface area contributed by atoms with Crippen molar-refractivity contribution in [2.75, 3.05) is 0 Å². The molecule has 0 rings (SSSR count). The van der Waals surface area contributed by atoms with E-state index in [-0.39, 0.29) is 0 Å². The van der Waals surface area contributed by atoms with Crippen LogP contribution >= 0.6 is 0 Å². The lowest BCUT2D eigenvalue weighted by Crippen LogP contribution is -1.90. The zero-order chi connectivity index (χ0) is 8.69. The lowest BCUT2D eigenvalue weighted by Gasteiger charge is -1.95. The zero-order valence-corrected chi connectivity index (χ0v) is 7.30. The molecule has 62 valence electrons. The molecule has 11 heavy (non-hydrogen) atoms. The number of nitrogens with zero attached hydrogens (tertiary/aromatic N) is 1. The van der Waals surface area contributed by atoms with Crippen molar-refractivity contribution in [1.82, 2.24) is 0 Å². The molecule has 0 heterocycles. The van der Waals surface area contributed by atoms with Crippen molar-refractivity contribution in [3.8, 4) is 0 Å². The summed E-state index contributed by atoms with van der Waals surface area (Å²) in [7, 11) is 0. The highest BCUT2D eigenvalue weighted by molar-refractivity contribution is 5.78. The van der Waals surface area contributed by atoms with Crippen LogP contribution < -0.4 is 5.73 Å². The predicted molar refractivity (Wildman–Crippen MR) is 50.5 cm³/mol. The first kappa shape index (κ1) is 9.95. The van der Waals surface area contributed by atoms with E-state index in [1.165, 1.54) is 0 Å². The number of hydrogen-bond acceptors (Lipinski definition) is 2. The normalized spacial score (nSPS) is 12.4. The van der Waals surface area contributed by atoms with E-state index in [1.54, 1.807) is 12.4 Å². The van der Waals surface area contributed by atoms with Gasteiger partial charge >= 0.3 is 0 Å². The summed E-state index contributed by atoms with van der Waals surface area (Å²) in [6.45, 7) is 7.62. The third-order valence-electron chi connectivity index (χ3n) is 1.20. The van der Waals surface area contributed by atoms with Gasteiger partial charge in [0.15, 0.2) is 0 Å². The van der Waals surface area contributed by atoms with Gasteiger partial charge in [-0.1, -0.05) is 19.9 Å². The molecule has 0 atom stereocenters. The Labute approximate surface area is 68.5 Å². The highest BCUT2D eigenvalue weighted by Crippen LogP contribution is 2.00. The zero-order valence-electron chi connectivity index (χ0n) is 7.30. The van der Waals surface area contributed by atoms with Crippen LogP contribution in [-0.2, 0) is 0 Å². The summed E-state index contributed by atoms with van der Waals surface area (Å²) in [5.74, 6) is 0. The fourth-order valence-corrected chi connectivity index (χ4v) is 0.673. The Morgan fingerprint density at radius 1 is 1.64 bits per heavy atom. The van der Waals surface area contributed by atoms with Crippen LogP contribution in [0.15, 0.2) is 29.0 Å². The predicted octanol–water partition coefficient (Wildman–Crippen LogP) is 2.23. The van der Waals surface area contributed by atoms with Gasteiger partial charge in [0.25, 0.3) is 0 Å². The maximum Gasteiger partial charge on any atom is 0.0317 e. The van der Waals surface area contributed by atoms with Crippen molar-refractivity contribution >= 4 is 6.21 Å². The molecule has 0 aliphatic carbocycles. The van der Waals surface area contributed by atoms with E-state index in [0.717, 1.165) is 24.1 Å². The maximum atomic E-state index is 5.36. The smallest absolute Gasteiger partial charge is 0.0317 e. The Morgan fingerprint density at radius 3 is 2.64 bits per heavy atom. The quantitative estimate of drug-likeness (QED) is 0.616. The molecule has 2 heteroatoms. The molecule has 0 aliphatic heterocycles. The van der Waals surface area contributed by atoms with Gasteiger partial charge in [-0.15, -0.1) is 0 Å². The van der Waals surface area contributed by atoms with E-state index in [4.69, 9.17) is 5.73 Å². The summed E-state index contributed by atoms with van der Waals surface area (Å²) < 4.78 is 0. The molecule has 0 radical (unpaired) electrons. The molecule has 0 aliphatic rings. The van der Waals surface area contributed by atoms with E-state index in [0.29, 0.717) is 0 Å². The molecule has 2 N–H and O–H groups in total. The molecule has 0 spiro atoms. The summed E-state index contributed by atoms with van der Waals surface area (Å²) >= 11 is 0. The molecule has 0 aromatic rings. The first-order chi connectivity index (χ1) is 5.20. The molecule has 0 fully saturated rings. The molecule has 0 aromatic heterocycles. The van der Waals surface area contributed by atoms with Gasteiger partial charge in [-0.3, -0.25) is 4.99 Å². The highest BCUT2D eigenvalue weighted by Gasteiger charge is 1.88. The third-order valence-corrected chi connectivity index (χ3v) is 1.20. The van der Waals surface area contributed by atoms with E-state index in [9.17, 15) is 0 Å². The Hall–Kier alpha value is -1.05. The lowest BCUT2D eigenvalue weighted by atomic mass is 10.2. The summed E-state index contributed by atoms with van der Waals surface area (Å²) in [5.41, 5.74) is 7.23. The van der Waals surface area contributed by atoms with E-state index in [2.05, 4.69) is 18.5 Å². The second-order valence-electron chi connectivity index (χ2n) is 2.49. The summed E-state index contributed by atoms with van der Waals surface area (Å²) in [4.78, 5) is 4.05. The van der Waals surface area contributed by atoms with E-state index < -0.39 is 0 Å². The van der Waals surface area contributed by atoms with Gasteiger partial charge in [-0.05, 0) is 25.1 Å². The summed E-state index contributed by atoms with van der Waals surface area (Å²) in [5, 5.41) is 0.